The lowest BCUT2D eigenvalue weighted by Gasteiger charge is -2.28. The van der Waals surface area contributed by atoms with Crippen molar-refractivity contribution < 1.29 is 48.9 Å². The highest BCUT2D eigenvalue weighted by molar-refractivity contribution is 5.97. The molecule has 6 atom stereocenters. The summed E-state index contributed by atoms with van der Waals surface area (Å²) in [4.78, 5) is 102. The summed E-state index contributed by atoms with van der Waals surface area (Å²) >= 11 is 0. The Balaban J connectivity index is 1.68. The third-order valence-corrected chi connectivity index (χ3v) is 10.6. The number of phenolic OH excluding ortho intramolecular Hbond substituents is 1. The number of aliphatic hydroxyl groups is 1. The van der Waals surface area contributed by atoms with Crippen LogP contribution in [0.2, 0.25) is 0 Å². The van der Waals surface area contributed by atoms with Gasteiger partial charge in [0, 0.05) is 42.9 Å². The van der Waals surface area contributed by atoms with E-state index in [4.69, 9.17) is 17.2 Å². The van der Waals surface area contributed by atoms with E-state index >= 15 is 0 Å². The number of aromatic nitrogens is 1. The number of hydrogen-bond acceptors (Lipinski definition) is 11. The maximum atomic E-state index is 14.6. The normalized spacial score (nSPS) is 13.7. The third-order valence-electron chi connectivity index (χ3n) is 10.6. The largest absolute Gasteiger partial charge is 0.508 e. The van der Waals surface area contributed by atoms with Gasteiger partial charge in [0.25, 0.3) is 0 Å². The van der Waals surface area contributed by atoms with Crippen molar-refractivity contribution in [2.24, 2.45) is 28.1 Å². The standard InChI is InChI=1S/C46H61N11O10/c1-26(2)19-34(41(62)53-33(13-8-18-50-46(48)49)40(61)57-38(25-58)45(66)67)54-44(65)37(22-29-24-51-32-12-7-6-11-31(29)32)56-43(64)36(21-28-14-16-30(59)17-15-28)55-42(63)35(52-39(60)23-47)20-27-9-4-3-5-10-27/h3-7,9-12,14-17,24,26,33-38,51,58-59H,8,13,18-23,25,47H2,1-2H3,(H,52,60)(H,53,62)(H,54,65)(H,55,63)(H,56,64)(H,57,61)(H,66,67)(H4,48,49,50)/t33-,34-,35-,36-,37-,38-/m0/s1. The zero-order chi connectivity index (χ0) is 49.0. The fraction of sp³-hybridized carbons (Fsp3) is 0.391. The van der Waals surface area contributed by atoms with Gasteiger partial charge in [0.1, 0.15) is 42.0 Å². The van der Waals surface area contributed by atoms with Crippen molar-refractivity contribution >= 4 is 58.3 Å². The average molecular weight is 928 g/mol. The Labute approximate surface area is 387 Å². The van der Waals surface area contributed by atoms with Crippen LogP contribution < -0.4 is 49.1 Å². The minimum absolute atomic E-state index is 0.0378. The monoisotopic (exact) mass is 927 g/mol. The summed E-state index contributed by atoms with van der Waals surface area (Å²) in [5.74, 6) is -6.62. The van der Waals surface area contributed by atoms with Gasteiger partial charge in [-0.2, -0.15) is 0 Å². The number of aliphatic carboxylic acids is 1. The molecule has 16 N–H and O–H groups in total. The molecule has 0 fully saturated rings. The summed E-state index contributed by atoms with van der Waals surface area (Å²) in [6.45, 7) is 2.33. The maximum Gasteiger partial charge on any atom is 0.328 e. The molecule has 21 heteroatoms. The summed E-state index contributed by atoms with van der Waals surface area (Å²) in [6.07, 6.45) is 1.67. The molecule has 21 nitrogen and oxygen atoms in total. The van der Waals surface area contributed by atoms with E-state index in [1.54, 1.807) is 68.6 Å². The number of hydrogen-bond donors (Lipinski definition) is 13. The summed E-state index contributed by atoms with van der Waals surface area (Å²) in [5.41, 5.74) is 19.1. The van der Waals surface area contributed by atoms with Gasteiger partial charge in [-0.25, -0.2) is 4.79 Å². The van der Waals surface area contributed by atoms with Crippen LogP contribution in [0.4, 0.5) is 0 Å². The topological polar surface area (TPSA) is 359 Å². The number of nitrogens with two attached hydrogens (primary N) is 3. The van der Waals surface area contributed by atoms with E-state index < -0.39 is 90.8 Å². The average Bonchev–Trinajstić information content (AvgIpc) is 3.71. The quantitative estimate of drug-likeness (QED) is 0.0203. The lowest BCUT2D eigenvalue weighted by Crippen LogP contribution is -2.60. The lowest BCUT2D eigenvalue weighted by atomic mass is 9.99. The Kier molecular flexibility index (Phi) is 20.1. The number of amides is 6. The molecule has 6 amide bonds. The Morgan fingerprint density at radius 3 is 1.73 bits per heavy atom. The fourth-order valence-electron chi connectivity index (χ4n) is 7.14. The van der Waals surface area contributed by atoms with Gasteiger partial charge in [-0.3, -0.25) is 33.8 Å². The van der Waals surface area contributed by atoms with Crippen LogP contribution in [0, 0.1) is 5.92 Å². The van der Waals surface area contributed by atoms with Crippen molar-refractivity contribution in [1.82, 2.24) is 36.9 Å². The first-order chi connectivity index (χ1) is 32.0. The first-order valence-corrected chi connectivity index (χ1v) is 21.7. The number of carbonyl (C=O) groups is 7. The Morgan fingerprint density at radius 1 is 0.642 bits per heavy atom. The van der Waals surface area contributed by atoms with E-state index in [1.807, 2.05) is 18.2 Å². The number of rotatable bonds is 26. The maximum absolute atomic E-state index is 14.6. The number of aliphatic imine (C=N–C) groups is 1. The number of nitrogens with zero attached hydrogens (tertiary/aromatic N) is 1. The van der Waals surface area contributed by atoms with Crippen molar-refractivity contribution in [3.8, 4) is 5.75 Å². The molecule has 4 aromatic rings. The lowest BCUT2D eigenvalue weighted by molar-refractivity contribution is -0.143. The molecule has 0 unspecified atom stereocenters. The molecule has 3 aromatic carbocycles. The minimum Gasteiger partial charge on any atom is -0.508 e. The summed E-state index contributed by atoms with van der Waals surface area (Å²) < 4.78 is 0. The number of aromatic amines is 1. The van der Waals surface area contributed by atoms with E-state index in [9.17, 15) is 48.9 Å². The van der Waals surface area contributed by atoms with E-state index in [0.29, 0.717) is 16.7 Å². The van der Waals surface area contributed by atoms with Gasteiger partial charge in [-0.15, -0.1) is 0 Å². The number of benzene rings is 3. The van der Waals surface area contributed by atoms with Gasteiger partial charge in [0.05, 0.1) is 13.2 Å². The Morgan fingerprint density at radius 2 is 1.15 bits per heavy atom. The number of fused-ring (bicyclic) bond motifs is 1. The molecule has 0 spiro atoms. The molecule has 1 aromatic heterocycles. The van der Waals surface area contributed by atoms with Gasteiger partial charge in [0.15, 0.2) is 5.96 Å². The number of carbonyl (C=O) groups excluding carboxylic acids is 6. The van der Waals surface area contributed by atoms with Gasteiger partial charge >= 0.3 is 5.97 Å². The Bertz CT molecular complexity index is 2340. The number of guanidine groups is 1. The smallest absolute Gasteiger partial charge is 0.328 e. The number of nitrogens with one attached hydrogen (secondary N) is 7. The van der Waals surface area contributed by atoms with Crippen LogP contribution in [0.15, 0.2) is 90.1 Å². The molecule has 0 aliphatic heterocycles. The van der Waals surface area contributed by atoms with Crippen molar-refractivity contribution in [2.75, 3.05) is 19.7 Å². The third kappa shape index (κ3) is 16.8. The highest BCUT2D eigenvalue weighted by Gasteiger charge is 2.34. The molecule has 0 radical (unpaired) electrons. The Hall–Kier alpha value is -7.52. The number of H-pyrrole nitrogens is 1. The number of para-hydroxylation sites is 1. The van der Waals surface area contributed by atoms with Crippen LogP contribution in [0.3, 0.4) is 0 Å². The number of carboxylic acid groups (broad SMARTS) is 1. The van der Waals surface area contributed by atoms with Crippen LogP contribution >= 0.6 is 0 Å². The first kappa shape index (κ1) is 52.1. The van der Waals surface area contributed by atoms with Crippen molar-refractivity contribution in [3.63, 3.8) is 0 Å². The van der Waals surface area contributed by atoms with Crippen LogP contribution in [0.25, 0.3) is 10.9 Å². The van der Waals surface area contributed by atoms with Crippen LogP contribution in [0.5, 0.6) is 5.75 Å². The van der Waals surface area contributed by atoms with Crippen molar-refractivity contribution in [1.29, 1.82) is 0 Å². The second-order valence-corrected chi connectivity index (χ2v) is 16.4. The van der Waals surface area contributed by atoms with E-state index in [-0.39, 0.29) is 62.7 Å². The SMILES string of the molecule is CC(C)C[C@H](NC(=O)[C@H](Cc1c[nH]c2ccccc12)NC(=O)[C@H](Cc1ccc(O)cc1)NC(=O)[C@H](Cc1ccccc1)NC(=O)CN)C(=O)N[C@@H](CCCN=C(N)N)C(=O)N[C@@H](CO)C(=O)O. The molecule has 0 saturated carbocycles. The van der Waals surface area contributed by atoms with Crippen LogP contribution in [-0.2, 0) is 52.8 Å². The molecule has 0 bridgehead atoms. The second-order valence-electron chi connectivity index (χ2n) is 16.4. The number of aliphatic hydroxyl groups excluding tert-OH is 1. The minimum atomic E-state index is -1.67. The van der Waals surface area contributed by atoms with Gasteiger partial charge in [0.2, 0.25) is 35.4 Å². The second kappa shape index (κ2) is 25.8. The molecular weight excluding hydrogens is 867 g/mol. The highest BCUT2D eigenvalue weighted by Crippen LogP contribution is 2.20. The molecule has 0 saturated heterocycles. The molecule has 4 rings (SSSR count). The molecule has 360 valence electrons. The van der Waals surface area contributed by atoms with E-state index in [0.717, 1.165) is 10.9 Å². The van der Waals surface area contributed by atoms with Gasteiger partial charge in [-0.1, -0.05) is 74.5 Å². The first-order valence-electron chi connectivity index (χ1n) is 21.7. The van der Waals surface area contributed by atoms with Gasteiger partial charge in [-0.05, 0) is 60.1 Å². The summed E-state index contributed by atoms with van der Waals surface area (Å²) in [7, 11) is 0. The zero-order valence-corrected chi connectivity index (χ0v) is 37.4. The van der Waals surface area contributed by atoms with E-state index in [2.05, 4.69) is 41.9 Å². The molecule has 0 aliphatic rings. The molecule has 67 heavy (non-hydrogen) atoms. The molecule has 0 aliphatic carbocycles. The van der Waals surface area contributed by atoms with Crippen LogP contribution in [-0.4, -0.2) is 124 Å². The number of phenols is 1. The summed E-state index contributed by atoms with van der Waals surface area (Å²) in [5, 5.41) is 45.4. The predicted octanol–water partition coefficient (Wildman–Crippen LogP) is -1.05. The fourth-order valence-corrected chi connectivity index (χ4v) is 7.14. The van der Waals surface area contributed by atoms with E-state index in [1.165, 1.54) is 12.1 Å². The summed E-state index contributed by atoms with van der Waals surface area (Å²) in [6, 6.07) is 13.9. The van der Waals surface area contributed by atoms with Gasteiger partial charge < -0.3 is 69.4 Å². The molecular formula is C46H61N11O10. The predicted molar refractivity (Wildman–Crippen MR) is 249 cm³/mol. The van der Waals surface area contributed by atoms with Crippen molar-refractivity contribution in [3.05, 3.63) is 102 Å². The van der Waals surface area contributed by atoms with Crippen LogP contribution in [0.1, 0.15) is 49.8 Å². The number of aromatic hydroxyl groups is 1. The highest BCUT2D eigenvalue weighted by atomic mass is 16.4. The number of carboxylic acids is 1. The molecule has 1 heterocycles. The van der Waals surface area contributed by atoms with Crippen molar-refractivity contribution in [2.45, 2.75) is 88.6 Å². The zero-order valence-electron chi connectivity index (χ0n) is 37.4.